The van der Waals surface area contributed by atoms with Gasteiger partial charge in [0.05, 0.1) is 23.3 Å². The summed E-state index contributed by atoms with van der Waals surface area (Å²) in [5, 5.41) is 1.10. The lowest BCUT2D eigenvalue weighted by atomic mass is 10.2. The van der Waals surface area contributed by atoms with Crippen LogP contribution in [0.1, 0.15) is 0 Å². The van der Waals surface area contributed by atoms with Gasteiger partial charge in [0.25, 0.3) is 0 Å². The van der Waals surface area contributed by atoms with Crippen molar-refractivity contribution in [2.45, 2.75) is 0 Å². The van der Waals surface area contributed by atoms with Gasteiger partial charge in [-0.05, 0) is 24.3 Å². The lowest BCUT2D eigenvalue weighted by molar-refractivity contribution is 1.09. The summed E-state index contributed by atoms with van der Waals surface area (Å²) >= 11 is 0. The third kappa shape index (κ3) is 1.39. The van der Waals surface area contributed by atoms with Crippen LogP contribution in [0.25, 0.3) is 11.0 Å². The molecular weight excluding hydrogens is 248 g/mol. The molecule has 3 heterocycles. The molecule has 1 aromatic carbocycles. The number of fused-ring (bicyclic) bond motifs is 2. The molecule has 0 spiro atoms. The minimum Gasteiger partial charge on any atom is -0.346 e. The molecule has 1 N–H and O–H groups in total. The number of nitrogens with zero attached hydrogens (tertiary/aromatic N) is 3. The SMILES string of the molecule is C=C1N(C)c2ccccc2N1c1cnc2[nH]ccc2c1. The molecule has 4 nitrogen and oxygen atoms in total. The van der Waals surface area contributed by atoms with E-state index in [0.717, 1.165) is 33.9 Å². The van der Waals surface area contributed by atoms with Crippen molar-refractivity contribution >= 4 is 28.1 Å². The molecule has 0 saturated carbocycles. The highest BCUT2D eigenvalue weighted by atomic mass is 15.4. The zero-order valence-corrected chi connectivity index (χ0v) is 11.2. The Labute approximate surface area is 117 Å². The van der Waals surface area contributed by atoms with E-state index in [2.05, 4.69) is 44.5 Å². The molecule has 0 unspecified atom stereocenters. The van der Waals surface area contributed by atoms with Crippen molar-refractivity contribution in [3.05, 3.63) is 61.2 Å². The molecule has 0 amide bonds. The van der Waals surface area contributed by atoms with Crippen molar-refractivity contribution in [1.82, 2.24) is 9.97 Å². The van der Waals surface area contributed by atoms with E-state index in [0.29, 0.717) is 0 Å². The van der Waals surface area contributed by atoms with Crippen LogP contribution in [0.3, 0.4) is 0 Å². The fourth-order valence-corrected chi connectivity index (χ4v) is 2.70. The van der Waals surface area contributed by atoms with Crippen molar-refractivity contribution in [3.63, 3.8) is 0 Å². The smallest absolute Gasteiger partial charge is 0.137 e. The van der Waals surface area contributed by atoms with Gasteiger partial charge in [0, 0.05) is 18.6 Å². The van der Waals surface area contributed by atoms with E-state index in [1.54, 1.807) is 0 Å². The summed E-state index contributed by atoms with van der Waals surface area (Å²) < 4.78 is 0. The van der Waals surface area contributed by atoms with Gasteiger partial charge in [-0.1, -0.05) is 18.7 Å². The number of aromatic amines is 1. The van der Waals surface area contributed by atoms with Gasteiger partial charge in [-0.3, -0.25) is 4.90 Å². The molecule has 2 aromatic heterocycles. The predicted octanol–water partition coefficient (Wildman–Crippen LogP) is 3.62. The molecule has 0 aliphatic carbocycles. The van der Waals surface area contributed by atoms with Crippen molar-refractivity contribution in [2.75, 3.05) is 16.8 Å². The summed E-state index contributed by atoms with van der Waals surface area (Å²) in [6, 6.07) is 12.4. The van der Waals surface area contributed by atoms with Gasteiger partial charge in [-0.15, -0.1) is 0 Å². The van der Waals surface area contributed by atoms with E-state index in [1.165, 1.54) is 0 Å². The zero-order chi connectivity index (χ0) is 13.7. The van der Waals surface area contributed by atoms with Gasteiger partial charge >= 0.3 is 0 Å². The molecule has 0 fully saturated rings. The van der Waals surface area contributed by atoms with Gasteiger partial charge in [0.2, 0.25) is 0 Å². The fraction of sp³-hybridized carbons (Fsp3) is 0.0625. The number of benzene rings is 1. The number of pyridine rings is 1. The van der Waals surface area contributed by atoms with E-state index in [-0.39, 0.29) is 0 Å². The van der Waals surface area contributed by atoms with E-state index >= 15 is 0 Å². The van der Waals surface area contributed by atoms with Crippen LogP contribution >= 0.6 is 0 Å². The van der Waals surface area contributed by atoms with Crippen LogP contribution in [0.2, 0.25) is 0 Å². The Morgan fingerprint density at radius 2 is 1.95 bits per heavy atom. The first-order valence-electron chi connectivity index (χ1n) is 6.50. The van der Waals surface area contributed by atoms with E-state index < -0.39 is 0 Å². The Morgan fingerprint density at radius 3 is 2.80 bits per heavy atom. The van der Waals surface area contributed by atoms with E-state index in [9.17, 15) is 0 Å². The molecule has 4 heteroatoms. The maximum atomic E-state index is 4.46. The lowest BCUT2D eigenvalue weighted by Gasteiger charge is -2.21. The van der Waals surface area contributed by atoms with Gasteiger partial charge in [-0.25, -0.2) is 4.98 Å². The Morgan fingerprint density at radius 1 is 1.15 bits per heavy atom. The Balaban J connectivity index is 1.91. The van der Waals surface area contributed by atoms with Crippen LogP contribution in [0.4, 0.5) is 17.1 Å². The number of hydrogen-bond acceptors (Lipinski definition) is 3. The van der Waals surface area contributed by atoms with Crippen molar-refractivity contribution in [2.24, 2.45) is 0 Å². The van der Waals surface area contributed by atoms with Crippen molar-refractivity contribution in [1.29, 1.82) is 0 Å². The molecule has 20 heavy (non-hydrogen) atoms. The second kappa shape index (κ2) is 3.87. The van der Waals surface area contributed by atoms with Crippen LogP contribution in [0, 0.1) is 0 Å². The van der Waals surface area contributed by atoms with Crippen molar-refractivity contribution in [3.8, 4) is 0 Å². The van der Waals surface area contributed by atoms with Gasteiger partial charge in [0.15, 0.2) is 0 Å². The number of rotatable bonds is 1. The zero-order valence-electron chi connectivity index (χ0n) is 11.2. The number of nitrogens with one attached hydrogen (secondary N) is 1. The quantitative estimate of drug-likeness (QED) is 0.727. The normalized spacial score (nSPS) is 14.2. The maximum absolute atomic E-state index is 4.46. The highest BCUT2D eigenvalue weighted by Gasteiger charge is 2.28. The second-order valence-electron chi connectivity index (χ2n) is 4.91. The van der Waals surface area contributed by atoms with Crippen molar-refractivity contribution < 1.29 is 0 Å². The highest BCUT2D eigenvalue weighted by Crippen LogP contribution is 2.44. The molecule has 0 atom stereocenters. The first-order valence-corrected chi connectivity index (χ1v) is 6.50. The number of H-pyrrole nitrogens is 1. The number of hydrogen-bond donors (Lipinski definition) is 1. The Bertz CT molecular complexity index is 818. The first-order chi connectivity index (χ1) is 9.75. The van der Waals surface area contributed by atoms with Crippen LogP contribution in [0.15, 0.2) is 61.2 Å². The lowest BCUT2D eigenvalue weighted by Crippen LogP contribution is -2.20. The van der Waals surface area contributed by atoms with Crippen LogP contribution in [-0.4, -0.2) is 17.0 Å². The molecule has 3 aromatic rings. The van der Waals surface area contributed by atoms with Crippen LogP contribution in [-0.2, 0) is 0 Å². The monoisotopic (exact) mass is 262 g/mol. The van der Waals surface area contributed by atoms with Gasteiger partial charge < -0.3 is 9.88 Å². The third-order valence-corrected chi connectivity index (χ3v) is 3.77. The average molecular weight is 262 g/mol. The highest BCUT2D eigenvalue weighted by molar-refractivity contribution is 5.90. The maximum Gasteiger partial charge on any atom is 0.137 e. The van der Waals surface area contributed by atoms with Crippen LogP contribution in [0.5, 0.6) is 0 Å². The van der Waals surface area contributed by atoms with Gasteiger partial charge in [-0.2, -0.15) is 0 Å². The minimum atomic E-state index is 0.903. The first kappa shape index (κ1) is 11.1. The largest absolute Gasteiger partial charge is 0.346 e. The Hall–Kier alpha value is -2.75. The molecule has 0 bridgehead atoms. The Kier molecular flexibility index (Phi) is 2.15. The summed E-state index contributed by atoms with van der Waals surface area (Å²) in [5.74, 6) is 0.933. The fourth-order valence-electron chi connectivity index (χ4n) is 2.70. The summed E-state index contributed by atoms with van der Waals surface area (Å²) in [4.78, 5) is 11.8. The average Bonchev–Trinajstić information content (AvgIpc) is 3.03. The molecule has 1 aliphatic heterocycles. The summed E-state index contributed by atoms with van der Waals surface area (Å²) in [6.07, 6.45) is 3.78. The number of aromatic nitrogens is 2. The second-order valence-corrected chi connectivity index (χ2v) is 4.91. The summed E-state index contributed by atoms with van der Waals surface area (Å²) in [6.45, 7) is 4.19. The topological polar surface area (TPSA) is 35.2 Å². The predicted molar refractivity (Wildman–Crippen MR) is 82.2 cm³/mol. The summed E-state index contributed by atoms with van der Waals surface area (Å²) in [7, 11) is 2.03. The van der Waals surface area contributed by atoms with E-state index in [4.69, 9.17) is 0 Å². The number of anilines is 3. The molecule has 0 radical (unpaired) electrons. The molecule has 98 valence electrons. The molecule has 1 aliphatic rings. The summed E-state index contributed by atoms with van der Waals surface area (Å²) in [5.41, 5.74) is 4.22. The molecule has 4 rings (SSSR count). The molecular formula is C16H14N4. The van der Waals surface area contributed by atoms with E-state index in [1.807, 2.05) is 37.6 Å². The van der Waals surface area contributed by atoms with Crippen LogP contribution < -0.4 is 9.80 Å². The third-order valence-electron chi connectivity index (χ3n) is 3.77. The van der Waals surface area contributed by atoms with Gasteiger partial charge in [0.1, 0.15) is 11.5 Å². The number of para-hydroxylation sites is 2. The molecule has 0 saturated heterocycles. The minimum absolute atomic E-state index is 0.903. The standard InChI is InChI=1S/C16H14N4/c1-11-19(2)14-5-3-4-6-15(14)20(11)13-9-12-7-8-17-16(12)18-10-13/h3-10H,1H2,2H3,(H,17,18).